The molecule has 0 aromatic heterocycles. The maximum Gasteiger partial charge on any atom is 0.339 e. The van der Waals surface area contributed by atoms with Crippen LogP contribution in [0.3, 0.4) is 0 Å². The van der Waals surface area contributed by atoms with Gasteiger partial charge < -0.3 is 4.18 Å². The van der Waals surface area contributed by atoms with E-state index in [0.717, 1.165) is 6.07 Å². The largest absolute Gasteiger partial charge is 0.379 e. The average molecular weight is 460 g/mol. The number of carbonyl (C=O) groups excluding carboxylic acids is 1. The van der Waals surface area contributed by atoms with Crippen molar-refractivity contribution in [2.75, 3.05) is 0 Å². The Labute approximate surface area is 182 Å². The third-order valence-corrected chi connectivity index (χ3v) is 5.38. The second-order valence-corrected chi connectivity index (χ2v) is 8.05. The van der Waals surface area contributed by atoms with E-state index in [9.17, 15) is 23.3 Å². The zero-order valence-corrected chi connectivity index (χ0v) is 17.2. The number of hydrazone groups is 1. The molecule has 0 unspecified atom stereocenters. The van der Waals surface area contributed by atoms with E-state index in [1.165, 1.54) is 48.7 Å². The van der Waals surface area contributed by atoms with Crippen LogP contribution < -0.4 is 9.61 Å². The number of rotatable bonds is 7. The number of non-ortho nitro benzene ring substituents is 1. The summed E-state index contributed by atoms with van der Waals surface area (Å²) in [6.45, 7) is 0. The van der Waals surface area contributed by atoms with Crippen LogP contribution in [0, 0.1) is 10.1 Å². The van der Waals surface area contributed by atoms with E-state index in [4.69, 9.17) is 15.8 Å². The molecule has 0 radical (unpaired) electrons. The Hall–Kier alpha value is -3.76. The molecule has 1 N–H and O–H groups in total. The number of hydrogen-bond acceptors (Lipinski definition) is 7. The Bertz CT molecular complexity index is 1240. The standard InChI is InChI=1S/C20H14ClN3O6S/c21-16-8-6-15(7-9-16)20(25)23-22-13-14-4-10-18(11-5-14)30-31(28,29)19-3-1-2-17(12-19)24(26)27/h1-13H,(H,23,25). The molecule has 0 bridgehead atoms. The number of carbonyl (C=O) groups is 1. The Morgan fingerprint density at radius 2 is 1.74 bits per heavy atom. The minimum Gasteiger partial charge on any atom is -0.379 e. The molecule has 0 aliphatic carbocycles. The van der Waals surface area contributed by atoms with Gasteiger partial charge in [0, 0.05) is 22.7 Å². The molecule has 0 atom stereocenters. The first-order chi connectivity index (χ1) is 14.7. The molecule has 3 rings (SSSR count). The van der Waals surface area contributed by atoms with E-state index >= 15 is 0 Å². The molecule has 3 aromatic carbocycles. The lowest BCUT2D eigenvalue weighted by molar-refractivity contribution is -0.385. The van der Waals surface area contributed by atoms with Crippen molar-refractivity contribution in [3.63, 3.8) is 0 Å². The van der Waals surface area contributed by atoms with Gasteiger partial charge in [0.2, 0.25) is 0 Å². The number of nitro groups is 1. The van der Waals surface area contributed by atoms with Gasteiger partial charge in [0.15, 0.2) is 0 Å². The Morgan fingerprint density at radius 3 is 2.39 bits per heavy atom. The highest BCUT2D eigenvalue weighted by molar-refractivity contribution is 7.87. The zero-order chi connectivity index (χ0) is 22.4. The Morgan fingerprint density at radius 1 is 1.06 bits per heavy atom. The lowest BCUT2D eigenvalue weighted by Gasteiger charge is -2.07. The number of hydrogen-bond donors (Lipinski definition) is 1. The summed E-state index contributed by atoms with van der Waals surface area (Å²) >= 11 is 5.77. The number of amides is 1. The van der Waals surface area contributed by atoms with Crippen molar-refractivity contribution in [1.29, 1.82) is 0 Å². The summed E-state index contributed by atoms with van der Waals surface area (Å²) in [5, 5.41) is 15.2. The van der Waals surface area contributed by atoms with Gasteiger partial charge in [-0.1, -0.05) is 17.7 Å². The summed E-state index contributed by atoms with van der Waals surface area (Å²) < 4.78 is 29.7. The minimum atomic E-state index is -4.25. The summed E-state index contributed by atoms with van der Waals surface area (Å²) in [5.41, 5.74) is 2.95. The highest BCUT2D eigenvalue weighted by atomic mass is 35.5. The molecule has 0 saturated carbocycles. The molecule has 31 heavy (non-hydrogen) atoms. The van der Waals surface area contributed by atoms with Gasteiger partial charge in [-0.3, -0.25) is 14.9 Å². The molecular weight excluding hydrogens is 446 g/mol. The van der Waals surface area contributed by atoms with Crippen molar-refractivity contribution >= 4 is 39.5 Å². The van der Waals surface area contributed by atoms with E-state index < -0.39 is 20.9 Å². The van der Waals surface area contributed by atoms with Gasteiger partial charge in [0.1, 0.15) is 10.6 Å². The van der Waals surface area contributed by atoms with Gasteiger partial charge in [-0.25, -0.2) is 5.43 Å². The fourth-order valence-corrected chi connectivity index (χ4v) is 3.47. The summed E-state index contributed by atoms with van der Waals surface area (Å²) in [6, 6.07) is 16.7. The smallest absolute Gasteiger partial charge is 0.339 e. The highest BCUT2D eigenvalue weighted by Gasteiger charge is 2.19. The molecule has 9 nitrogen and oxygen atoms in total. The Balaban J connectivity index is 1.64. The van der Waals surface area contributed by atoms with Crippen molar-refractivity contribution < 1.29 is 22.3 Å². The van der Waals surface area contributed by atoms with Gasteiger partial charge in [-0.15, -0.1) is 0 Å². The van der Waals surface area contributed by atoms with Crippen LogP contribution in [-0.4, -0.2) is 25.5 Å². The SMILES string of the molecule is O=C(NN=Cc1ccc(OS(=O)(=O)c2cccc([N+](=O)[O-])c2)cc1)c1ccc(Cl)cc1. The molecule has 0 saturated heterocycles. The molecule has 0 aliphatic heterocycles. The maximum atomic E-state index is 12.3. The molecule has 1 amide bonds. The summed E-state index contributed by atoms with van der Waals surface area (Å²) in [7, 11) is -4.25. The van der Waals surface area contributed by atoms with Crippen molar-refractivity contribution in [3.8, 4) is 5.75 Å². The van der Waals surface area contributed by atoms with Crippen LogP contribution >= 0.6 is 11.6 Å². The third-order valence-electron chi connectivity index (χ3n) is 3.89. The lowest BCUT2D eigenvalue weighted by Crippen LogP contribution is -2.17. The van der Waals surface area contributed by atoms with E-state index in [-0.39, 0.29) is 16.3 Å². The molecule has 0 heterocycles. The predicted octanol–water partition coefficient (Wildman–Crippen LogP) is 3.78. The van der Waals surface area contributed by atoms with Gasteiger partial charge in [-0.05, 0) is 60.2 Å². The number of halogens is 1. The first kappa shape index (κ1) is 21.9. The fraction of sp³-hybridized carbons (Fsp3) is 0. The number of nitrogens with zero attached hydrogens (tertiary/aromatic N) is 2. The van der Waals surface area contributed by atoms with Crippen molar-refractivity contribution in [2.45, 2.75) is 4.90 Å². The topological polar surface area (TPSA) is 128 Å². The highest BCUT2D eigenvalue weighted by Crippen LogP contribution is 2.22. The van der Waals surface area contributed by atoms with E-state index in [1.54, 1.807) is 24.3 Å². The van der Waals surface area contributed by atoms with Crippen molar-refractivity contribution in [3.05, 3.63) is 99.1 Å². The minimum absolute atomic E-state index is 0.00820. The Kier molecular flexibility index (Phi) is 6.63. The van der Waals surface area contributed by atoms with Crippen LogP contribution in [0.5, 0.6) is 5.75 Å². The molecule has 158 valence electrons. The van der Waals surface area contributed by atoms with Gasteiger partial charge >= 0.3 is 10.1 Å². The second kappa shape index (κ2) is 9.37. The molecule has 11 heteroatoms. The van der Waals surface area contributed by atoms with Crippen molar-refractivity contribution in [1.82, 2.24) is 5.43 Å². The molecule has 0 aliphatic rings. The molecule has 0 fully saturated rings. The van der Waals surface area contributed by atoms with E-state index in [1.807, 2.05) is 0 Å². The van der Waals surface area contributed by atoms with E-state index in [0.29, 0.717) is 16.1 Å². The second-order valence-electron chi connectivity index (χ2n) is 6.07. The first-order valence-corrected chi connectivity index (χ1v) is 10.4. The summed E-state index contributed by atoms with van der Waals surface area (Å²) in [4.78, 5) is 21.8. The number of nitro benzene ring substituents is 1. The molecule has 3 aromatic rings. The van der Waals surface area contributed by atoms with Gasteiger partial charge in [0.05, 0.1) is 11.1 Å². The molecular formula is C20H14ClN3O6S. The predicted molar refractivity (Wildman–Crippen MR) is 114 cm³/mol. The zero-order valence-electron chi connectivity index (χ0n) is 15.6. The maximum absolute atomic E-state index is 12.3. The normalized spacial score (nSPS) is 11.3. The summed E-state index contributed by atoms with van der Waals surface area (Å²) in [5.74, 6) is -0.412. The number of benzene rings is 3. The number of nitrogens with one attached hydrogen (secondary N) is 1. The monoisotopic (exact) mass is 459 g/mol. The summed E-state index contributed by atoms with van der Waals surface area (Å²) in [6.07, 6.45) is 1.37. The lowest BCUT2D eigenvalue weighted by atomic mass is 10.2. The van der Waals surface area contributed by atoms with Crippen LogP contribution in [0.15, 0.2) is 82.8 Å². The van der Waals surface area contributed by atoms with Crippen LogP contribution in [0.4, 0.5) is 5.69 Å². The first-order valence-electron chi connectivity index (χ1n) is 8.62. The van der Waals surface area contributed by atoms with Gasteiger partial charge in [0.25, 0.3) is 11.6 Å². The van der Waals surface area contributed by atoms with Gasteiger partial charge in [-0.2, -0.15) is 13.5 Å². The molecule has 0 spiro atoms. The van der Waals surface area contributed by atoms with Crippen molar-refractivity contribution in [2.24, 2.45) is 5.10 Å². The quantitative estimate of drug-likeness (QED) is 0.248. The van der Waals surface area contributed by atoms with Crippen LogP contribution in [0.1, 0.15) is 15.9 Å². The van der Waals surface area contributed by atoms with Crippen LogP contribution in [-0.2, 0) is 10.1 Å². The van der Waals surface area contributed by atoms with E-state index in [2.05, 4.69) is 10.5 Å². The average Bonchev–Trinajstić information content (AvgIpc) is 2.75. The van der Waals surface area contributed by atoms with Crippen LogP contribution in [0.25, 0.3) is 0 Å². The van der Waals surface area contributed by atoms with Crippen LogP contribution in [0.2, 0.25) is 5.02 Å². The fourth-order valence-electron chi connectivity index (χ4n) is 2.37. The third kappa shape index (κ3) is 5.87.